The standard InChI is InChI=1S/C13H18N2O3S/c1-9(2)7-13(16)15-10(3)11-5-4-6-12(8-11)19(14,17)18/h4-8,10H,1-3H3,(H,15,16)(H2,14,17,18)/t10-/m0/s1. The normalized spacial score (nSPS) is 12.6. The van der Waals surface area contributed by atoms with E-state index in [-0.39, 0.29) is 16.8 Å². The van der Waals surface area contributed by atoms with Crippen molar-refractivity contribution in [3.05, 3.63) is 41.5 Å². The fourth-order valence-corrected chi connectivity index (χ4v) is 2.13. The zero-order chi connectivity index (χ0) is 14.6. The van der Waals surface area contributed by atoms with Gasteiger partial charge < -0.3 is 5.32 Å². The third-order valence-corrected chi connectivity index (χ3v) is 3.38. The highest BCUT2D eigenvalue weighted by atomic mass is 32.2. The molecule has 0 fully saturated rings. The van der Waals surface area contributed by atoms with E-state index in [1.807, 2.05) is 13.8 Å². The van der Waals surface area contributed by atoms with Gasteiger partial charge in [-0.3, -0.25) is 4.79 Å². The molecule has 0 bridgehead atoms. The predicted molar refractivity (Wildman–Crippen MR) is 73.8 cm³/mol. The molecule has 1 rings (SSSR count). The summed E-state index contributed by atoms with van der Waals surface area (Å²) in [5.41, 5.74) is 1.57. The largest absolute Gasteiger partial charge is 0.346 e. The third-order valence-electron chi connectivity index (χ3n) is 2.47. The quantitative estimate of drug-likeness (QED) is 0.820. The second-order valence-corrected chi connectivity index (χ2v) is 6.13. The predicted octanol–water partition coefficient (Wildman–Crippen LogP) is 1.48. The first-order valence-electron chi connectivity index (χ1n) is 5.78. The van der Waals surface area contributed by atoms with Crippen LogP contribution in [0.3, 0.4) is 0 Å². The molecular weight excluding hydrogens is 264 g/mol. The van der Waals surface area contributed by atoms with Crippen LogP contribution in [0.1, 0.15) is 32.4 Å². The van der Waals surface area contributed by atoms with Gasteiger partial charge in [0.1, 0.15) is 0 Å². The van der Waals surface area contributed by atoms with Gasteiger partial charge >= 0.3 is 0 Å². The van der Waals surface area contributed by atoms with Crippen molar-refractivity contribution in [1.29, 1.82) is 0 Å². The molecule has 1 aromatic carbocycles. The zero-order valence-electron chi connectivity index (χ0n) is 11.2. The highest BCUT2D eigenvalue weighted by Crippen LogP contribution is 2.16. The molecule has 104 valence electrons. The third kappa shape index (κ3) is 4.84. The van der Waals surface area contributed by atoms with Crippen LogP contribution in [-0.4, -0.2) is 14.3 Å². The van der Waals surface area contributed by atoms with Gasteiger partial charge in [0.05, 0.1) is 10.9 Å². The summed E-state index contributed by atoms with van der Waals surface area (Å²) in [7, 11) is -3.73. The molecule has 5 nitrogen and oxygen atoms in total. The van der Waals surface area contributed by atoms with Crippen LogP contribution in [0, 0.1) is 0 Å². The first-order chi connectivity index (χ1) is 8.70. The SMILES string of the molecule is CC(C)=CC(=O)N[C@@H](C)c1cccc(S(N)(=O)=O)c1. The lowest BCUT2D eigenvalue weighted by molar-refractivity contribution is -0.117. The maximum Gasteiger partial charge on any atom is 0.244 e. The zero-order valence-corrected chi connectivity index (χ0v) is 12.0. The van der Waals surface area contributed by atoms with E-state index in [1.165, 1.54) is 18.2 Å². The number of allylic oxidation sites excluding steroid dienone is 1. The van der Waals surface area contributed by atoms with Crippen LogP contribution in [0.4, 0.5) is 0 Å². The summed E-state index contributed by atoms with van der Waals surface area (Å²) in [6.45, 7) is 5.43. The van der Waals surface area contributed by atoms with Gasteiger partial charge in [-0.05, 0) is 38.5 Å². The molecule has 3 N–H and O–H groups in total. The van der Waals surface area contributed by atoms with Crippen molar-refractivity contribution in [1.82, 2.24) is 5.32 Å². The molecule has 0 aliphatic carbocycles. The molecule has 0 unspecified atom stereocenters. The number of sulfonamides is 1. The summed E-state index contributed by atoms with van der Waals surface area (Å²) in [5.74, 6) is -0.214. The smallest absolute Gasteiger partial charge is 0.244 e. The molecule has 19 heavy (non-hydrogen) atoms. The fraction of sp³-hybridized carbons (Fsp3) is 0.308. The molecule has 1 aromatic rings. The number of benzene rings is 1. The van der Waals surface area contributed by atoms with Crippen molar-refractivity contribution in [2.24, 2.45) is 5.14 Å². The Morgan fingerprint density at radius 3 is 2.53 bits per heavy atom. The van der Waals surface area contributed by atoms with Crippen molar-refractivity contribution in [3.8, 4) is 0 Å². The Bertz CT molecular complexity index is 602. The van der Waals surface area contributed by atoms with Gasteiger partial charge in [-0.25, -0.2) is 13.6 Å². The van der Waals surface area contributed by atoms with E-state index in [9.17, 15) is 13.2 Å². The summed E-state index contributed by atoms with van der Waals surface area (Å²) >= 11 is 0. The minimum Gasteiger partial charge on any atom is -0.346 e. The lowest BCUT2D eigenvalue weighted by atomic mass is 10.1. The monoisotopic (exact) mass is 282 g/mol. The topological polar surface area (TPSA) is 89.3 Å². The molecule has 0 saturated carbocycles. The Balaban J connectivity index is 2.92. The number of amides is 1. The van der Waals surface area contributed by atoms with Crippen LogP contribution >= 0.6 is 0 Å². The Morgan fingerprint density at radius 2 is 2.00 bits per heavy atom. The number of hydrogen-bond donors (Lipinski definition) is 2. The highest BCUT2D eigenvalue weighted by Gasteiger charge is 2.12. The summed E-state index contributed by atoms with van der Waals surface area (Å²) < 4.78 is 22.5. The molecule has 0 heterocycles. The number of carbonyl (C=O) groups is 1. The maximum absolute atomic E-state index is 11.6. The number of rotatable bonds is 4. The van der Waals surface area contributed by atoms with E-state index >= 15 is 0 Å². The molecule has 1 amide bonds. The van der Waals surface area contributed by atoms with Crippen LogP contribution in [0.2, 0.25) is 0 Å². The number of nitrogens with one attached hydrogen (secondary N) is 1. The van der Waals surface area contributed by atoms with Gasteiger partial charge in [0.15, 0.2) is 0 Å². The van der Waals surface area contributed by atoms with E-state index in [2.05, 4.69) is 5.32 Å². The molecule has 0 spiro atoms. The summed E-state index contributed by atoms with van der Waals surface area (Å²) in [4.78, 5) is 11.6. The van der Waals surface area contributed by atoms with E-state index in [0.717, 1.165) is 5.57 Å². The van der Waals surface area contributed by atoms with E-state index in [4.69, 9.17) is 5.14 Å². The molecule has 0 saturated heterocycles. The minimum atomic E-state index is -3.73. The molecule has 0 aliphatic heterocycles. The van der Waals surface area contributed by atoms with Gasteiger partial charge in [0.2, 0.25) is 15.9 Å². The summed E-state index contributed by atoms with van der Waals surface area (Å²) in [5, 5.41) is 7.82. The molecule has 0 radical (unpaired) electrons. The first-order valence-corrected chi connectivity index (χ1v) is 7.33. The van der Waals surface area contributed by atoms with Crippen LogP contribution in [-0.2, 0) is 14.8 Å². The van der Waals surface area contributed by atoms with Crippen LogP contribution in [0.25, 0.3) is 0 Å². The van der Waals surface area contributed by atoms with Crippen LogP contribution < -0.4 is 10.5 Å². The molecular formula is C13H18N2O3S. The fourth-order valence-electron chi connectivity index (χ4n) is 1.56. The van der Waals surface area contributed by atoms with Crippen LogP contribution in [0.15, 0.2) is 40.8 Å². The Kier molecular flexibility index (Phi) is 4.85. The average molecular weight is 282 g/mol. The van der Waals surface area contributed by atoms with Crippen molar-refractivity contribution in [3.63, 3.8) is 0 Å². The van der Waals surface area contributed by atoms with Crippen molar-refractivity contribution < 1.29 is 13.2 Å². The van der Waals surface area contributed by atoms with Crippen molar-refractivity contribution in [2.45, 2.75) is 31.7 Å². The summed E-state index contributed by atoms with van der Waals surface area (Å²) in [6.07, 6.45) is 1.49. The number of nitrogens with two attached hydrogens (primary N) is 1. The Labute approximate surface area is 113 Å². The number of hydrogen-bond acceptors (Lipinski definition) is 3. The van der Waals surface area contributed by atoms with Gasteiger partial charge in [0.25, 0.3) is 0 Å². The van der Waals surface area contributed by atoms with Crippen LogP contribution in [0.5, 0.6) is 0 Å². The van der Waals surface area contributed by atoms with E-state index in [1.54, 1.807) is 19.1 Å². The second-order valence-electron chi connectivity index (χ2n) is 4.57. The highest BCUT2D eigenvalue weighted by molar-refractivity contribution is 7.89. The maximum atomic E-state index is 11.6. The second kappa shape index (κ2) is 5.99. The van der Waals surface area contributed by atoms with E-state index in [0.29, 0.717) is 5.56 Å². The average Bonchev–Trinajstić information content (AvgIpc) is 2.26. The van der Waals surface area contributed by atoms with Gasteiger partial charge in [-0.1, -0.05) is 17.7 Å². The Morgan fingerprint density at radius 1 is 1.37 bits per heavy atom. The van der Waals surface area contributed by atoms with Crippen molar-refractivity contribution >= 4 is 15.9 Å². The Hall–Kier alpha value is -1.66. The van der Waals surface area contributed by atoms with Gasteiger partial charge in [-0.15, -0.1) is 0 Å². The lowest BCUT2D eigenvalue weighted by Crippen LogP contribution is -2.25. The first kappa shape index (κ1) is 15.4. The van der Waals surface area contributed by atoms with E-state index < -0.39 is 10.0 Å². The number of carbonyl (C=O) groups excluding carboxylic acids is 1. The molecule has 1 atom stereocenters. The lowest BCUT2D eigenvalue weighted by Gasteiger charge is -2.14. The van der Waals surface area contributed by atoms with Gasteiger partial charge in [0, 0.05) is 6.08 Å². The molecule has 6 heteroatoms. The van der Waals surface area contributed by atoms with Gasteiger partial charge in [-0.2, -0.15) is 0 Å². The summed E-state index contributed by atoms with van der Waals surface area (Å²) in [6, 6.07) is 5.91. The molecule has 0 aromatic heterocycles. The number of primary sulfonamides is 1. The molecule has 0 aliphatic rings. The minimum absolute atomic E-state index is 0.0355. The van der Waals surface area contributed by atoms with Crippen molar-refractivity contribution in [2.75, 3.05) is 0 Å².